The first kappa shape index (κ1) is 10.5. The van der Waals surface area contributed by atoms with E-state index in [9.17, 15) is 0 Å². The maximum absolute atomic E-state index is 2.38. The number of hydrogen-bond acceptors (Lipinski definition) is 0. The Morgan fingerprint density at radius 3 is 2.60 bits per heavy atom. The number of hydrogen-bond donors (Lipinski definition) is 0. The van der Waals surface area contributed by atoms with E-state index in [0.717, 1.165) is 5.92 Å². The third-order valence-corrected chi connectivity index (χ3v) is 3.25. The highest BCUT2D eigenvalue weighted by Crippen LogP contribution is 2.29. The predicted molar refractivity (Wildman–Crippen MR) is 66.8 cm³/mol. The van der Waals surface area contributed by atoms with Crippen LogP contribution in [0.2, 0.25) is 0 Å². The van der Waals surface area contributed by atoms with Crippen molar-refractivity contribution in [2.24, 2.45) is 5.92 Å². The van der Waals surface area contributed by atoms with Crippen LogP contribution in [0, 0.1) is 12.8 Å². The van der Waals surface area contributed by atoms with Gasteiger partial charge in [0.1, 0.15) is 0 Å². The van der Waals surface area contributed by atoms with Gasteiger partial charge < -0.3 is 0 Å². The quantitative estimate of drug-likeness (QED) is 0.622. The van der Waals surface area contributed by atoms with Crippen LogP contribution in [-0.4, -0.2) is 0 Å². The van der Waals surface area contributed by atoms with E-state index in [1.54, 1.807) is 5.57 Å². The molecule has 1 aromatic carbocycles. The largest absolute Gasteiger partial charge is 0.0694 e. The second-order valence-corrected chi connectivity index (χ2v) is 4.91. The minimum atomic E-state index is 0.885. The smallest absolute Gasteiger partial charge is 0.0257 e. The van der Waals surface area contributed by atoms with Gasteiger partial charge in [0.25, 0.3) is 0 Å². The van der Waals surface area contributed by atoms with E-state index >= 15 is 0 Å². The fourth-order valence-electron chi connectivity index (χ4n) is 2.36. The van der Waals surface area contributed by atoms with Gasteiger partial charge in [-0.2, -0.15) is 0 Å². The Balaban J connectivity index is 2.11. The van der Waals surface area contributed by atoms with Crippen molar-refractivity contribution in [3.63, 3.8) is 0 Å². The van der Waals surface area contributed by atoms with Crippen LogP contribution in [0.25, 0.3) is 6.08 Å². The SMILES string of the molecule is Cc1ccc(/C=C2\CCCC(C)C2)cc1. The second kappa shape index (κ2) is 4.65. The molecule has 0 spiro atoms. The van der Waals surface area contributed by atoms with Crippen LogP contribution in [0.4, 0.5) is 0 Å². The topological polar surface area (TPSA) is 0 Å². The average Bonchev–Trinajstić information content (AvgIpc) is 2.22. The second-order valence-electron chi connectivity index (χ2n) is 4.91. The molecule has 1 aromatic rings. The Morgan fingerprint density at radius 2 is 1.93 bits per heavy atom. The van der Waals surface area contributed by atoms with E-state index in [4.69, 9.17) is 0 Å². The zero-order valence-electron chi connectivity index (χ0n) is 9.79. The van der Waals surface area contributed by atoms with E-state index < -0.39 is 0 Å². The fraction of sp³-hybridized carbons (Fsp3) is 0.467. The van der Waals surface area contributed by atoms with E-state index in [1.165, 1.54) is 36.8 Å². The van der Waals surface area contributed by atoms with Crippen LogP contribution in [-0.2, 0) is 0 Å². The van der Waals surface area contributed by atoms with Crippen molar-refractivity contribution in [1.29, 1.82) is 0 Å². The molecule has 1 aliphatic rings. The van der Waals surface area contributed by atoms with Crippen LogP contribution in [0.3, 0.4) is 0 Å². The molecular formula is C15H20. The summed E-state index contributed by atoms with van der Waals surface area (Å²) in [7, 11) is 0. The molecule has 2 rings (SSSR count). The molecule has 0 aromatic heterocycles. The molecule has 0 N–H and O–H groups in total. The van der Waals surface area contributed by atoms with Gasteiger partial charge in [-0.05, 0) is 37.7 Å². The van der Waals surface area contributed by atoms with Crippen LogP contribution in [0.1, 0.15) is 43.7 Å². The molecular weight excluding hydrogens is 180 g/mol. The summed E-state index contributed by atoms with van der Waals surface area (Å²) in [5, 5.41) is 0. The number of benzene rings is 1. The highest BCUT2D eigenvalue weighted by atomic mass is 14.2. The zero-order chi connectivity index (χ0) is 10.7. The third kappa shape index (κ3) is 2.95. The Labute approximate surface area is 93.0 Å². The first-order valence-corrected chi connectivity index (χ1v) is 6.00. The van der Waals surface area contributed by atoms with E-state index in [-0.39, 0.29) is 0 Å². The number of aryl methyl sites for hydroxylation is 1. The van der Waals surface area contributed by atoms with Gasteiger partial charge in [0.05, 0.1) is 0 Å². The molecule has 0 bridgehead atoms. The Kier molecular flexibility index (Phi) is 3.25. The molecule has 0 heterocycles. The standard InChI is InChI=1S/C15H20/c1-12-6-8-14(9-7-12)11-15-5-3-4-13(2)10-15/h6-9,11,13H,3-5,10H2,1-2H3/b15-11+. The van der Waals surface area contributed by atoms with Crippen molar-refractivity contribution < 1.29 is 0 Å². The van der Waals surface area contributed by atoms with Gasteiger partial charge in [-0.15, -0.1) is 0 Å². The Bertz CT molecular complexity index is 343. The molecule has 0 aliphatic heterocycles. The summed E-state index contributed by atoms with van der Waals surface area (Å²) >= 11 is 0. The maximum atomic E-state index is 2.38. The van der Waals surface area contributed by atoms with Gasteiger partial charge >= 0.3 is 0 Å². The van der Waals surface area contributed by atoms with Crippen LogP contribution < -0.4 is 0 Å². The summed E-state index contributed by atoms with van der Waals surface area (Å²) < 4.78 is 0. The molecule has 1 unspecified atom stereocenters. The molecule has 0 nitrogen and oxygen atoms in total. The normalized spacial score (nSPS) is 24.4. The Morgan fingerprint density at radius 1 is 1.20 bits per heavy atom. The van der Waals surface area contributed by atoms with Crippen LogP contribution in [0.5, 0.6) is 0 Å². The minimum Gasteiger partial charge on any atom is -0.0694 e. The molecule has 1 aliphatic carbocycles. The van der Waals surface area contributed by atoms with Gasteiger partial charge in [-0.1, -0.05) is 54.8 Å². The van der Waals surface area contributed by atoms with Gasteiger partial charge in [-0.25, -0.2) is 0 Å². The summed E-state index contributed by atoms with van der Waals surface area (Å²) in [5.41, 5.74) is 4.34. The van der Waals surface area contributed by atoms with Crippen LogP contribution in [0.15, 0.2) is 29.8 Å². The van der Waals surface area contributed by atoms with E-state index in [0.29, 0.717) is 0 Å². The van der Waals surface area contributed by atoms with Crippen molar-refractivity contribution in [3.8, 4) is 0 Å². The number of allylic oxidation sites excluding steroid dienone is 1. The van der Waals surface area contributed by atoms with Gasteiger partial charge in [-0.3, -0.25) is 0 Å². The molecule has 15 heavy (non-hydrogen) atoms. The van der Waals surface area contributed by atoms with Gasteiger partial charge in [0.2, 0.25) is 0 Å². The molecule has 1 atom stereocenters. The van der Waals surface area contributed by atoms with Crippen molar-refractivity contribution in [3.05, 3.63) is 41.0 Å². The first-order chi connectivity index (χ1) is 7.24. The maximum Gasteiger partial charge on any atom is -0.0257 e. The van der Waals surface area contributed by atoms with Crippen molar-refractivity contribution in [1.82, 2.24) is 0 Å². The Hall–Kier alpha value is -1.04. The highest BCUT2D eigenvalue weighted by Gasteiger charge is 2.12. The summed E-state index contributed by atoms with van der Waals surface area (Å²) in [6.45, 7) is 4.50. The third-order valence-electron chi connectivity index (χ3n) is 3.25. The molecule has 0 heteroatoms. The molecule has 1 saturated carbocycles. The minimum absolute atomic E-state index is 0.885. The average molecular weight is 200 g/mol. The molecule has 80 valence electrons. The monoisotopic (exact) mass is 200 g/mol. The van der Waals surface area contributed by atoms with Crippen molar-refractivity contribution in [2.45, 2.75) is 39.5 Å². The number of rotatable bonds is 1. The molecule has 0 amide bonds. The lowest BCUT2D eigenvalue weighted by Gasteiger charge is -2.20. The molecule has 0 saturated heterocycles. The van der Waals surface area contributed by atoms with Gasteiger partial charge in [0.15, 0.2) is 0 Å². The van der Waals surface area contributed by atoms with Gasteiger partial charge in [0, 0.05) is 0 Å². The lowest BCUT2D eigenvalue weighted by molar-refractivity contribution is 0.455. The summed E-state index contributed by atoms with van der Waals surface area (Å²) in [5.74, 6) is 0.885. The predicted octanol–water partition coefficient (Wildman–Crippen LogP) is 4.59. The lowest BCUT2D eigenvalue weighted by Crippen LogP contribution is -2.03. The van der Waals surface area contributed by atoms with E-state index in [2.05, 4.69) is 44.2 Å². The lowest BCUT2D eigenvalue weighted by atomic mass is 9.86. The van der Waals surface area contributed by atoms with E-state index in [1.807, 2.05) is 0 Å². The molecule has 0 radical (unpaired) electrons. The van der Waals surface area contributed by atoms with Crippen molar-refractivity contribution in [2.75, 3.05) is 0 Å². The summed E-state index contributed by atoms with van der Waals surface area (Å²) in [6, 6.07) is 8.83. The fourth-order valence-corrected chi connectivity index (χ4v) is 2.36. The van der Waals surface area contributed by atoms with Crippen molar-refractivity contribution >= 4 is 6.08 Å². The molecule has 1 fully saturated rings. The highest BCUT2D eigenvalue weighted by molar-refractivity contribution is 5.53. The summed E-state index contributed by atoms with van der Waals surface area (Å²) in [6.07, 6.45) is 7.77. The first-order valence-electron chi connectivity index (χ1n) is 6.00. The summed E-state index contributed by atoms with van der Waals surface area (Å²) in [4.78, 5) is 0. The zero-order valence-corrected chi connectivity index (χ0v) is 9.79. The van der Waals surface area contributed by atoms with Crippen LogP contribution >= 0.6 is 0 Å².